The van der Waals surface area contributed by atoms with Gasteiger partial charge in [0.25, 0.3) is 0 Å². The van der Waals surface area contributed by atoms with Crippen molar-refractivity contribution in [2.45, 2.75) is 6.54 Å². The Hall–Kier alpha value is -0.720. The Balaban J connectivity index is 2.22. The van der Waals surface area contributed by atoms with Crippen LogP contribution in [0.15, 0.2) is 10.8 Å². The molecule has 1 aromatic rings. The summed E-state index contributed by atoms with van der Waals surface area (Å²) in [6.07, 6.45) is 0. The maximum atomic E-state index is 5.56. The summed E-state index contributed by atoms with van der Waals surface area (Å²) in [6.45, 7) is 3.67. The Morgan fingerprint density at radius 3 is 2.80 bits per heavy atom. The molecular formula is C9H13BrN4O. The van der Waals surface area contributed by atoms with E-state index in [-0.39, 0.29) is 0 Å². The molecule has 2 N–H and O–H groups in total. The van der Waals surface area contributed by atoms with Crippen LogP contribution in [-0.4, -0.2) is 36.3 Å². The van der Waals surface area contributed by atoms with E-state index in [9.17, 15) is 0 Å². The van der Waals surface area contributed by atoms with Gasteiger partial charge in [-0.2, -0.15) is 0 Å². The first-order valence-corrected chi connectivity index (χ1v) is 5.65. The summed E-state index contributed by atoms with van der Waals surface area (Å²) in [4.78, 5) is 10.7. The van der Waals surface area contributed by atoms with Crippen LogP contribution in [0.1, 0.15) is 5.69 Å². The summed E-state index contributed by atoms with van der Waals surface area (Å²) in [5.41, 5.74) is 6.41. The molecule has 1 saturated heterocycles. The van der Waals surface area contributed by atoms with E-state index in [0.29, 0.717) is 11.3 Å². The molecule has 0 aromatic carbocycles. The van der Waals surface area contributed by atoms with E-state index in [1.54, 1.807) is 0 Å². The molecule has 1 aliphatic heterocycles. The van der Waals surface area contributed by atoms with Crippen molar-refractivity contribution in [2.24, 2.45) is 5.73 Å². The number of aromatic nitrogens is 2. The molecule has 0 bridgehead atoms. The highest BCUT2D eigenvalue weighted by molar-refractivity contribution is 9.10. The molecular weight excluding hydrogens is 260 g/mol. The predicted octanol–water partition coefficient (Wildman–Crippen LogP) is 0.534. The molecule has 1 fully saturated rings. The highest BCUT2D eigenvalue weighted by atomic mass is 79.9. The maximum Gasteiger partial charge on any atom is 0.198 e. The second-order valence-corrected chi connectivity index (χ2v) is 4.00. The second kappa shape index (κ2) is 4.87. The van der Waals surface area contributed by atoms with Crippen LogP contribution in [0.5, 0.6) is 0 Å². The molecule has 0 amide bonds. The number of hydrogen-bond acceptors (Lipinski definition) is 5. The highest BCUT2D eigenvalue weighted by Crippen LogP contribution is 2.16. The van der Waals surface area contributed by atoms with Crippen molar-refractivity contribution in [1.29, 1.82) is 0 Å². The highest BCUT2D eigenvalue weighted by Gasteiger charge is 2.13. The zero-order chi connectivity index (χ0) is 10.7. The van der Waals surface area contributed by atoms with E-state index in [0.717, 1.165) is 37.8 Å². The van der Waals surface area contributed by atoms with E-state index >= 15 is 0 Å². The standard InChI is InChI=1S/C9H13BrN4O/c10-9-12-7(6-11)5-8(13-9)14-1-3-15-4-2-14/h5H,1-4,6,11H2. The van der Waals surface area contributed by atoms with Gasteiger partial charge in [-0.25, -0.2) is 9.97 Å². The van der Waals surface area contributed by atoms with Gasteiger partial charge in [0.05, 0.1) is 18.9 Å². The zero-order valence-electron chi connectivity index (χ0n) is 8.32. The number of hydrogen-bond donors (Lipinski definition) is 1. The lowest BCUT2D eigenvalue weighted by Gasteiger charge is -2.27. The van der Waals surface area contributed by atoms with Gasteiger partial charge < -0.3 is 15.4 Å². The largest absolute Gasteiger partial charge is 0.378 e. The van der Waals surface area contributed by atoms with Crippen molar-refractivity contribution >= 4 is 21.7 Å². The van der Waals surface area contributed by atoms with Crippen LogP contribution in [0.2, 0.25) is 0 Å². The summed E-state index contributed by atoms with van der Waals surface area (Å²) in [6, 6.07) is 1.93. The average molecular weight is 273 g/mol. The monoisotopic (exact) mass is 272 g/mol. The molecule has 1 aromatic heterocycles. The van der Waals surface area contributed by atoms with Crippen LogP contribution < -0.4 is 10.6 Å². The zero-order valence-corrected chi connectivity index (χ0v) is 9.90. The van der Waals surface area contributed by atoms with Crippen LogP contribution in [0, 0.1) is 0 Å². The number of ether oxygens (including phenoxy) is 1. The van der Waals surface area contributed by atoms with Gasteiger partial charge in [-0.05, 0) is 15.9 Å². The molecule has 82 valence electrons. The number of rotatable bonds is 2. The number of nitrogens with two attached hydrogens (primary N) is 1. The summed E-state index contributed by atoms with van der Waals surface area (Å²) in [7, 11) is 0. The first-order valence-electron chi connectivity index (χ1n) is 4.86. The molecule has 0 aliphatic carbocycles. The molecule has 0 spiro atoms. The number of anilines is 1. The molecule has 0 radical (unpaired) electrons. The fourth-order valence-corrected chi connectivity index (χ4v) is 1.92. The van der Waals surface area contributed by atoms with Gasteiger partial charge >= 0.3 is 0 Å². The summed E-state index contributed by atoms with van der Waals surface area (Å²) in [5.74, 6) is 0.917. The number of morpholine rings is 1. The fraction of sp³-hybridized carbons (Fsp3) is 0.556. The third kappa shape index (κ3) is 2.64. The SMILES string of the molecule is NCc1cc(N2CCOCC2)nc(Br)n1. The van der Waals surface area contributed by atoms with E-state index < -0.39 is 0 Å². The van der Waals surface area contributed by atoms with Crippen molar-refractivity contribution in [2.75, 3.05) is 31.2 Å². The fourth-order valence-electron chi connectivity index (χ4n) is 1.51. The van der Waals surface area contributed by atoms with Gasteiger partial charge in [-0.3, -0.25) is 0 Å². The number of nitrogens with zero attached hydrogens (tertiary/aromatic N) is 3. The molecule has 0 unspecified atom stereocenters. The quantitative estimate of drug-likeness (QED) is 0.796. The van der Waals surface area contributed by atoms with Crippen LogP contribution in [-0.2, 0) is 11.3 Å². The molecule has 2 rings (SSSR count). The Kier molecular flexibility index (Phi) is 3.50. The van der Waals surface area contributed by atoms with E-state index in [4.69, 9.17) is 10.5 Å². The summed E-state index contributed by atoms with van der Waals surface area (Å²) >= 11 is 3.28. The molecule has 15 heavy (non-hydrogen) atoms. The summed E-state index contributed by atoms with van der Waals surface area (Å²) < 4.78 is 5.88. The van der Waals surface area contributed by atoms with Crippen molar-refractivity contribution in [1.82, 2.24) is 9.97 Å². The van der Waals surface area contributed by atoms with E-state index in [2.05, 4.69) is 30.8 Å². The van der Waals surface area contributed by atoms with Gasteiger partial charge in [0.2, 0.25) is 0 Å². The van der Waals surface area contributed by atoms with Crippen molar-refractivity contribution in [3.05, 3.63) is 16.5 Å². The van der Waals surface area contributed by atoms with Crippen molar-refractivity contribution in [3.8, 4) is 0 Å². The lowest BCUT2D eigenvalue weighted by molar-refractivity contribution is 0.122. The van der Waals surface area contributed by atoms with Gasteiger partial charge in [0.15, 0.2) is 4.73 Å². The maximum absolute atomic E-state index is 5.56. The van der Waals surface area contributed by atoms with Gasteiger partial charge in [0, 0.05) is 25.7 Å². The topological polar surface area (TPSA) is 64.3 Å². The third-order valence-corrected chi connectivity index (χ3v) is 2.64. The smallest absolute Gasteiger partial charge is 0.198 e. The molecule has 2 heterocycles. The van der Waals surface area contributed by atoms with Crippen LogP contribution >= 0.6 is 15.9 Å². The van der Waals surface area contributed by atoms with E-state index in [1.165, 1.54) is 0 Å². The lowest BCUT2D eigenvalue weighted by atomic mass is 10.3. The van der Waals surface area contributed by atoms with Crippen molar-refractivity contribution in [3.63, 3.8) is 0 Å². The van der Waals surface area contributed by atoms with Crippen LogP contribution in [0.4, 0.5) is 5.82 Å². The Bertz CT molecular complexity index is 341. The molecule has 6 heteroatoms. The predicted molar refractivity (Wildman–Crippen MR) is 60.7 cm³/mol. The molecule has 0 saturated carbocycles. The molecule has 0 atom stereocenters. The van der Waals surface area contributed by atoms with Gasteiger partial charge in [-0.15, -0.1) is 0 Å². The Morgan fingerprint density at radius 2 is 2.13 bits per heavy atom. The van der Waals surface area contributed by atoms with Gasteiger partial charge in [0.1, 0.15) is 5.82 Å². The second-order valence-electron chi connectivity index (χ2n) is 3.29. The van der Waals surface area contributed by atoms with Crippen LogP contribution in [0.25, 0.3) is 0 Å². The normalized spacial score (nSPS) is 16.8. The first-order chi connectivity index (χ1) is 7.29. The minimum absolute atomic E-state index is 0.429. The third-order valence-electron chi connectivity index (χ3n) is 2.28. The summed E-state index contributed by atoms with van der Waals surface area (Å²) in [5, 5.41) is 0. The van der Waals surface area contributed by atoms with Crippen LogP contribution in [0.3, 0.4) is 0 Å². The Morgan fingerprint density at radius 1 is 1.40 bits per heavy atom. The minimum atomic E-state index is 0.429. The molecule has 1 aliphatic rings. The average Bonchev–Trinajstić information content (AvgIpc) is 2.29. The molecule has 5 nitrogen and oxygen atoms in total. The first kappa shape index (κ1) is 10.8. The lowest BCUT2D eigenvalue weighted by Crippen LogP contribution is -2.37. The van der Waals surface area contributed by atoms with Gasteiger partial charge in [-0.1, -0.05) is 0 Å². The van der Waals surface area contributed by atoms with Crippen molar-refractivity contribution < 1.29 is 4.74 Å². The minimum Gasteiger partial charge on any atom is -0.378 e. The number of halogens is 1. The van der Waals surface area contributed by atoms with E-state index in [1.807, 2.05) is 6.07 Å². The Labute approximate surface area is 96.8 Å².